The minimum absolute atomic E-state index is 0.0717. The zero-order chi connectivity index (χ0) is 32.7. The first-order chi connectivity index (χ1) is 21.6. The highest BCUT2D eigenvalue weighted by Gasteiger charge is 2.24. The highest BCUT2D eigenvalue weighted by Crippen LogP contribution is 2.44. The average molecular weight is 680 g/mol. The molecule has 0 unspecified atom stereocenters. The van der Waals surface area contributed by atoms with Crippen molar-refractivity contribution < 1.29 is 14.3 Å². The number of allylic oxidation sites excluding steroid dienone is 2. The molecule has 232 valence electrons. The van der Waals surface area contributed by atoms with Crippen LogP contribution in [0.5, 0.6) is 11.5 Å². The predicted molar refractivity (Wildman–Crippen MR) is 190 cm³/mol. The van der Waals surface area contributed by atoms with Crippen LogP contribution in [0, 0.1) is 0 Å². The SMILES string of the molecule is CCc1ccccc1C=CC(=O)c1c(CC)cc(Oc2cc(CC)c(C(=O)C=Cc3ccccc3CC)c(Cl)c2Cl)c(Cl)c1Cl. The van der Waals surface area contributed by atoms with Crippen LogP contribution in [0.3, 0.4) is 0 Å². The number of ether oxygens (including phenoxy) is 1. The standard InChI is InChI=1S/C38H34Cl4O3/c1-5-23-13-9-11-15-27(23)17-19-29(43)33-25(7-3)21-31(35(39)37(33)41)45-32-22-26(8-4)34(38(42)36(32)40)30(44)20-18-28-16-12-10-14-24(28)6-2/h9-22H,5-8H2,1-4H3. The molecule has 0 amide bonds. The van der Waals surface area contributed by atoms with Crippen molar-refractivity contribution in [2.24, 2.45) is 0 Å². The molecule has 0 spiro atoms. The molecule has 0 saturated carbocycles. The molecular formula is C38H34Cl4O3. The van der Waals surface area contributed by atoms with E-state index in [1.54, 1.807) is 24.3 Å². The van der Waals surface area contributed by atoms with E-state index in [0.717, 1.165) is 35.1 Å². The fourth-order valence-electron chi connectivity index (χ4n) is 5.20. The molecule has 0 bridgehead atoms. The quantitative estimate of drug-likeness (QED) is 0.111. The second kappa shape index (κ2) is 15.8. The largest absolute Gasteiger partial charge is 0.454 e. The van der Waals surface area contributed by atoms with Crippen molar-refractivity contribution in [3.05, 3.63) is 137 Å². The zero-order valence-corrected chi connectivity index (χ0v) is 28.7. The van der Waals surface area contributed by atoms with Gasteiger partial charge in [-0.2, -0.15) is 0 Å². The third-order valence-electron chi connectivity index (χ3n) is 7.68. The minimum atomic E-state index is -0.261. The number of benzene rings is 4. The van der Waals surface area contributed by atoms with E-state index >= 15 is 0 Å². The molecule has 0 aromatic heterocycles. The van der Waals surface area contributed by atoms with Gasteiger partial charge in [-0.3, -0.25) is 9.59 Å². The molecule has 45 heavy (non-hydrogen) atoms. The van der Waals surface area contributed by atoms with Crippen LogP contribution in [-0.4, -0.2) is 11.6 Å². The van der Waals surface area contributed by atoms with Crippen LogP contribution in [0.25, 0.3) is 12.2 Å². The second-order valence-corrected chi connectivity index (χ2v) is 11.9. The predicted octanol–water partition coefficient (Wildman–Crippen LogP) is 12.1. The van der Waals surface area contributed by atoms with Gasteiger partial charge in [0, 0.05) is 11.1 Å². The van der Waals surface area contributed by atoms with Crippen LogP contribution >= 0.6 is 46.4 Å². The fourth-order valence-corrected chi connectivity index (χ4v) is 6.19. The summed E-state index contributed by atoms with van der Waals surface area (Å²) in [5.74, 6) is -0.0675. The van der Waals surface area contributed by atoms with Gasteiger partial charge in [0.25, 0.3) is 0 Å². The Kier molecular flexibility index (Phi) is 12.1. The molecule has 4 aromatic carbocycles. The van der Waals surface area contributed by atoms with Crippen molar-refractivity contribution in [3.8, 4) is 11.5 Å². The maximum Gasteiger partial charge on any atom is 0.187 e. The van der Waals surface area contributed by atoms with Crippen LogP contribution in [0.1, 0.15) is 81.8 Å². The van der Waals surface area contributed by atoms with Crippen LogP contribution in [0.15, 0.2) is 72.8 Å². The number of aryl methyl sites for hydroxylation is 4. The lowest BCUT2D eigenvalue weighted by molar-refractivity contribution is 0.103. The lowest BCUT2D eigenvalue weighted by Gasteiger charge is -2.18. The average Bonchev–Trinajstić information content (AvgIpc) is 3.06. The van der Waals surface area contributed by atoms with E-state index in [9.17, 15) is 9.59 Å². The van der Waals surface area contributed by atoms with Crippen molar-refractivity contribution in [2.75, 3.05) is 0 Å². The highest BCUT2D eigenvalue weighted by atomic mass is 35.5. The number of carbonyl (C=O) groups is 2. The van der Waals surface area contributed by atoms with E-state index in [-0.39, 0.29) is 43.2 Å². The normalized spacial score (nSPS) is 11.5. The van der Waals surface area contributed by atoms with E-state index in [2.05, 4.69) is 13.8 Å². The Labute approximate surface area is 285 Å². The first kappa shape index (κ1) is 34.5. The van der Waals surface area contributed by atoms with E-state index in [1.807, 2.05) is 62.4 Å². The van der Waals surface area contributed by atoms with Crippen molar-refractivity contribution in [1.29, 1.82) is 0 Å². The lowest BCUT2D eigenvalue weighted by atomic mass is 9.98. The second-order valence-electron chi connectivity index (χ2n) is 10.4. The number of rotatable bonds is 12. The van der Waals surface area contributed by atoms with Crippen molar-refractivity contribution in [1.82, 2.24) is 0 Å². The van der Waals surface area contributed by atoms with Gasteiger partial charge in [0.2, 0.25) is 0 Å². The summed E-state index contributed by atoms with van der Waals surface area (Å²) in [5.41, 5.74) is 6.18. The molecule has 7 heteroatoms. The molecule has 0 saturated heterocycles. The topological polar surface area (TPSA) is 43.4 Å². The summed E-state index contributed by atoms with van der Waals surface area (Å²) in [6, 6.07) is 19.2. The number of carbonyl (C=O) groups excluding carboxylic acids is 2. The molecule has 0 aliphatic rings. The Morgan fingerprint density at radius 1 is 0.556 bits per heavy atom. The third-order valence-corrected chi connectivity index (χ3v) is 9.38. The summed E-state index contributed by atoms with van der Waals surface area (Å²) < 4.78 is 6.18. The van der Waals surface area contributed by atoms with Crippen molar-refractivity contribution in [2.45, 2.75) is 53.4 Å². The van der Waals surface area contributed by atoms with Gasteiger partial charge in [-0.05, 0) is 83.3 Å². The van der Waals surface area contributed by atoms with Crippen LogP contribution in [0.4, 0.5) is 0 Å². The molecule has 0 aliphatic heterocycles. The molecule has 0 aliphatic carbocycles. The maximum absolute atomic E-state index is 13.4. The van der Waals surface area contributed by atoms with Gasteiger partial charge in [-0.15, -0.1) is 0 Å². The van der Waals surface area contributed by atoms with Crippen LogP contribution < -0.4 is 4.74 Å². The monoisotopic (exact) mass is 678 g/mol. The zero-order valence-electron chi connectivity index (χ0n) is 25.6. The van der Waals surface area contributed by atoms with Gasteiger partial charge >= 0.3 is 0 Å². The summed E-state index contributed by atoms with van der Waals surface area (Å²) in [6.07, 6.45) is 9.32. The summed E-state index contributed by atoms with van der Waals surface area (Å²) in [4.78, 5) is 26.7. The Hall–Kier alpha value is -3.34. The Bertz CT molecular complexity index is 1670. The smallest absolute Gasteiger partial charge is 0.187 e. The Morgan fingerprint density at radius 2 is 0.911 bits per heavy atom. The van der Waals surface area contributed by atoms with Crippen LogP contribution in [0.2, 0.25) is 20.1 Å². The van der Waals surface area contributed by atoms with Crippen molar-refractivity contribution in [3.63, 3.8) is 0 Å². The molecule has 0 radical (unpaired) electrons. The summed E-state index contributed by atoms with van der Waals surface area (Å²) in [7, 11) is 0. The lowest BCUT2D eigenvalue weighted by Crippen LogP contribution is -2.05. The van der Waals surface area contributed by atoms with Crippen LogP contribution in [-0.2, 0) is 25.7 Å². The summed E-state index contributed by atoms with van der Waals surface area (Å²) in [5, 5.41) is 0.323. The van der Waals surface area contributed by atoms with E-state index in [0.29, 0.717) is 35.1 Å². The van der Waals surface area contributed by atoms with Gasteiger partial charge < -0.3 is 4.74 Å². The van der Waals surface area contributed by atoms with E-state index in [1.165, 1.54) is 12.2 Å². The fraction of sp³-hybridized carbons (Fsp3) is 0.211. The highest BCUT2D eigenvalue weighted by molar-refractivity contribution is 6.46. The maximum atomic E-state index is 13.4. The molecule has 0 N–H and O–H groups in total. The van der Waals surface area contributed by atoms with E-state index in [4.69, 9.17) is 51.1 Å². The van der Waals surface area contributed by atoms with Gasteiger partial charge in [0.15, 0.2) is 11.6 Å². The van der Waals surface area contributed by atoms with Gasteiger partial charge in [-0.1, -0.05) is 135 Å². The number of hydrogen-bond acceptors (Lipinski definition) is 3. The molecule has 3 nitrogen and oxygen atoms in total. The van der Waals surface area contributed by atoms with Gasteiger partial charge in [-0.25, -0.2) is 0 Å². The molecule has 0 fully saturated rings. The summed E-state index contributed by atoms with van der Waals surface area (Å²) >= 11 is 26.8. The molecule has 4 aromatic rings. The molecule has 4 rings (SSSR count). The first-order valence-corrected chi connectivity index (χ1v) is 16.5. The third kappa shape index (κ3) is 7.73. The molecular weight excluding hydrogens is 646 g/mol. The van der Waals surface area contributed by atoms with Crippen molar-refractivity contribution >= 4 is 70.1 Å². The number of ketones is 2. The van der Waals surface area contributed by atoms with Gasteiger partial charge in [0.05, 0.1) is 10.0 Å². The number of hydrogen-bond donors (Lipinski definition) is 0. The number of halogens is 4. The van der Waals surface area contributed by atoms with Gasteiger partial charge in [0.1, 0.15) is 21.5 Å². The molecule has 0 atom stereocenters. The minimum Gasteiger partial charge on any atom is -0.454 e. The Morgan fingerprint density at radius 3 is 1.27 bits per heavy atom. The Balaban J connectivity index is 1.67. The first-order valence-electron chi connectivity index (χ1n) is 14.9. The van der Waals surface area contributed by atoms with E-state index < -0.39 is 0 Å². The molecule has 0 heterocycles. The summed E-state index contributed by atoms with van der Waals surface area (Å²) in [6.45, 7) is 7.97.